The third kappa shape index (κ3) is 6.43. The molecule has 3 N–H and O–H groups in total. The highest BCUT2D eigenvalue weighted by Gasteiger charge is 2.39. The average Bonchev–Trinajstić information content (AvgIpc) is 2.96. The molecule has 1 fully saturated rings. The van der Waals surface area contributed by atoms with E-state index < -0.39 is 6.03 Å². The summed E-state index contributed by atoms with van der Waals surface area (Å²) < 4.78 is 12.4. The topological polar surface area (TPSA) is 109 Å². The molecule has 0 aromatic heterocycles. The summed E-state index contributed by atoms with van der Waals surface area (Å²) in [5.74, 6) is 0.135. The van der Waals surface area contributed by atoms with Crippen molar-refractivity contribution in [3.8, 4) is 5.75 Å². The predicted molar refractivity (Wildman–Crippen MR) is 152 cm³/mol. The fourth-order valence-corrected chi connectivity index (χ4v) is 5.25. The van der Waals surface area contributed by atoms with Crippen LogP contribution in [0.25, 0.3) is 0 Å². The molecule has 0 radical (unpaired) electrons. The number of carbonyl (C=O) groups excluding carboxylic acids is 3. The van der Waals surface area contributed by atoms with Gasteiger partial charge in [0.2, 0.25) is 5.91 Å². The van der Waals surface area contributed by atoms with Gasteiger partial charge in [0, 0.05) is 18.4 Å². The molecule has 0 aliphatic carbocycles. The Hall–Kier alpha value is -4.37. The van der Waals surface area contributed by atoms with E-state index in [1.54, 1.807) is 42.3 Å². The second kappa shape index (κ2) is 12.2. The fraction of sp³-hybridized carbons (Fsp3) is 0.323. The van der Waals surface area contributed by atoms with Crippen LogP contribution < -0.4 is 20.7 Å². The number of benzene rings is 3. The Balaban J connectivity index is 1.21. The molecule has 3 aromatic carbocycles. The Kier molecular flexibility index (Phi) is 8.31. The van der Waals surface area contributed by atoms with E-state index in [-0.39, 0.29) is 49.1 Å². The van der Waals surface area contributed by atoms with Gasteiger partial charge in [-0.2, -0.15) is 0 Å². The lowest BCUT2D eigenvalue weighted by atomic mass is 9.94. The van der Waals surface area contributed by atoms with Gasteiger partial charge in [-0.25, -0.2) is 4.79 Å². The van der Waals surface area contributed by atoms with Crippen LogP contribution >= 0.6 is 0 Å². The highest BCUT2D eigenvalue weighted by atomic mass is 16.5. The zero-order chi connectivity index (χ0) is 28.1. The molecule has 3 aromatic rings. The van der Waals surface area contributed by atoms with E-state index in [0.29, 0.717) is 35.5 Å². The highest BCUT2D eigenvalue weighted by Crippen LogP contribution is 2.32. The summed E-state index contributed by atoms with van der Waals surface area (Å²) in [5, 5.41) is 8.59. The number of para-hydroxylation sites is 1. The van der Waals surface area contributed by atoms with Crippen LogP contribution in [0.2, 0.25) is 0 Å². The van der Waals surface area contributed by atoms with Crippen molar-refractivity contribution >= 4 is 29.2 Å². The number of nitrogens with zero attached hydrogens (tertiary/aromatic N) is 1. The standard InChI is InChI=1S/C31H34N4O5/c1-20(21-9-5-3-6-10-21)32-29(36)18-24-14-15-26-28(40-24)19-39-27-16-13-23(17-25(27)30(37)35(26)2)34-31(38)33-22-11-7-4-8-12-22/h3-13,16-17,20,24,26,28H,14-15,18-19H2,1-2H3,(H,32,36)(H2,33,34,38)/t20-,24-,26+,28-/m1/s1. The van der Waals surface area contributed by atoms with Crippen molar-refractivity contribution in [2.75, 3.05) is 24.3 Å². The van der Waals surface area contributed by atoms with Crippen LogP contribution in [-0.2, 0) is 9.53 Å². The van der Waals surface area contributed by atoms with E-state index in [0.717, 1.165) is 5.56 Å². The second-order valence-electron chi connectivity index (χ2n) is 10.2. The number of amides is 4. The molecule has 1 saturated heterocycles. The van der Waals surface area contributed by atoms with E-state index >= 15 is 0 Å². The van der Waals surface area contributed by atoms with Crippen molar-refractivity contribution in [1.29, 1.82) is 0 Å². The Morgan fingerprint density at radius 2 is 1.65 bits per heavy atom. The van der Waals surface area contributed by atoms with E-state index in [9.17, 15) is 14.4 Å². The van der Waals surface area contributed by atoms with Gasteiger partial charge in [0.15, 0.2) is 0 Å². The summed E-state index contributed by atoms with van der Waals surface area (Å²) in [6.45, 7) is 2.21. The normalized spacial score (nSPS) is 21.0. The summed E-state index contributed by atoms with van der Waals surface area (Å²) in [5.41, 5.74) is 2.55. The maximum atomic E-state index is 13.5. The Morgan fingerprint density at radius 3 is 2.40 bits per heavy atom. The van der Waals surface area contributed by atoms with E-state index in [1.807, 2.05) is 55.5 Å². The number of ether oxygens (including phenoxy) is 2. The van der Waals surface area contributed by atoms with Gasteiger partial charge in [0.25, 0.3) is 5.91 Å². The SMILES string of the molecule is C[C@@H](NC(=O)C[C@H]1CC[C@H]2[C@@H](COc3ccc(NC(=O)Nc4ccccc4)cc3C(=O)N2C)O1)c1ccccc1. The van der Waals surface area contributed by atoms with Crippen molar-refractivity contribution in [1.82, 2.24) is 10.2 Å². The number of hydrogen-bond donors (Lipinski definition) is 3. The number of hydrogen-bond acceptors (Lipinski definition) is 5. The molecule has 2 aliphatic rings. The quantitative estimate of drug-likeness (QED) is 0.407. The molecule has 9 nitrogen and oxygen atoms in total. The van der Waals surface area contributed by atoms with Gasteiger partial charge in [0.1, 0.15) is 18.5 Å². The fourth-order valence-electron chi connectivity index (χ4n) is 5.25. The van der Waals surface area contributed by atoms with Crippen LogP contribution in [0.3, 0.4) is 0 Å². The number of likely N-dealkylation sites (N-methyl/N-ethyl adjacent to an activating group) is 1. The summed E-state index contributed by atoms with van der Waals surface area (Å²) in [7, 11) is 1.76. The maximum absolute atomic E-state index is 13.5. The molecule has 2 aliphatic heterocycles. The smallest absolute Gasteiger partial charge is 0.323 e. The molecule has 4 amide bonds. The predicted octanol–water partition coefficient (Wildman–Crippen LogP) is 4.98. The molecule has 4 atom stereocenters. The van der Waals surface area contributed by atoms with Gasteiger partial charge in [-0.1, -0.05) is 48.5 Å². The van der Waals surface area contributed by atoms with Crippen LogP contribution in [0.4, 0.5) is 16.2 Å². The summed E-state index contributed by atoms with van der Waals surface area (Å²) in [6.07, 6.45) is 0.962. The Bertz CT molecular complexity index is 1350. The van der Waals surface area contributed by atoms with E-state index in [1.165, 1.54) is 0 Å². The lowest BCUT2D eigenvalue weighted by molar-refractivity contribution is -0.134. The van der Waals surface area contributed by atoms with Gasteiger partial charge in [-0.05, 0) is 55.7 Å². The first-order valence-electron chi connectivity index (χ1n) is 13.5. The highest BCUT2D eigenvalue weighted by molar-refractivity contribution is 6.02. The molecular weight excluding hydrogens is 508 g/mol. The molecule has 40 heavy (non-hydrogen) atoms. The molecule has 0 unspecified atom stereocenters. The van der Waals surface area contributed by atoms with Gasteiger partial charge in [-0.15, -0.1) is 0 Å². The van der Waals surface area contributed by atoms with E-state index in [2.05, 4.69) is 16.0 Å². The summed E-state index contributed by atoms with van der Waals surface area (Å²) >= 11 is 0. The summed E-state index contributed by atoms with van der Waals surface area (Å²) in [4.78, 5) is 40.4. The molecule has 5 rings (SSSR count). The zero-order valence-electron chi connectivity index (χ0n) is 22.6. The van der Waals surface area contributed by atoms with Crippen molar-refractivity contribution in [2.24, 2.45) is 0 Å². The monoisotopic (exact) mass is 542 g/mol. The van der Waals surface area contributed by atoms with Crippen LogP contribution in [0.1, 0.15) is 48.1 Å². The van der Waals surface area contributed by atoms with E-state index in [4.69, 9.17) is 9.47 Å². The minimum atomic E-state index is -0.410. The first-order chi connectivity index (χ1) is 19.4. The zero-order valence-corrected chi connectivity index (χ0v) is 22.6. The van der Waals surface area contributed by atoms with Gasteiger partial charge in [-0.3, -0.25) is 9.59 Å². The number of fused-ring (bicyclic) bond motifs is 2. The molecule has 0 spiro atoms. The van der Waals surface area contributed by atoms with Crippen molar-refractivity contribution in [3.63, 3.8) is 0 Å². The Labute approximate surface area is 233 Å². The minimum absolute atomic E-state index is 0.0716. The molecule has 9 heteroatoms. The number of urea groups is 1. The number of anilines is 2. The first kappa shape index (κ1) is 27.2. The first-order valence-corrected chi connectivity index (χ1v) is 13.5. The number of nitrogens with one attached hydrogen (secondary N) is 3. The van der Waals surface area contributed by atoms with Crippen LogP contribution in [0.15, 0.2) is 78.9 Å². The van der Waals surface area contributed by atoms with Gasteiger partial charge >= 0.3 is 6.03 Å². The van der Waals surface area contributed by atoms with Crippen molar-refractivity contribution in [3.05, 3.63) is 90.0 Å². The Morgan fingerprint density at radius 1 is 0.950 bits per heavy atom. The summed E-state index contributed by atoms with van der Waals surface area (Å²) in [6, 6.07) is 23.2. The van der Waals surface area contributed by atoms with Gasteiger partial charge < -0.3 is 30.3 Å². The third-order valence-corrected chi connectivity index (χ3v) is 7.39. The van der Waals surface area contributed by atoms with Crippen LogP contribution in [0.5, 0.6) is 5.75 Å². The average molecular weight is 543 g/mol. The molecule has 0 bridgehead atoms. The molecule has 2 heterocycles. The number of carbonyl (C=O) groups is 3. The lowest BCUT2D eigenvalue weighted by Gasteiger charge is -2.42. The van der Waals surface area contributed by atoms with Crippen molar-refractivity contribution in [2.45, 2.75) is 50.5 Å². The second-order valence-corrected chi connectivity index (χ2v) is 10.2. The van der Waals surface area contributed by atoms with Crippen LogP contribution in [0, 0.1) is 0 Å². The largest absolute Gasteiger partial charge is 0.490 e. The molecule has 208 valence electrons. The maximum Gasteiger partial charge on any atom is 0.323 e. The minimum Gasteiger partial charge on any atom is -0.490 e. The molecule has 0 saturated carbocycles. The lowest BCUT2D eigenvalue weighted by Crippen LogP contribution is -2.54. The number of rotatable bonds is 6. The van der Waals surface area contributed by atoms with Gasteiger partial charge in [0.05, 0.1) is 30.2 Å². The van der Waals surface area contributed by atoms with Crippen LogP contribution in [-0.4, -0.2) is 54.6 Å². The molecular formula is C31H34N4O5. The third-order valence-electron chi connectivity index (χ3n) is 7.39. The van der Waals surface area contributed by atoms with Crippen molar-refractivity contribution < 1.29 is 23.9 Å².